The Morgan fingerprint density at radius 2 is 1.31 bits per heavy atom. The van der Waals surface area contributed by atoms with Gasteiger partial charge in [-0.05, 0) is 72.8 Å². The highest BCUT2D eigenvalue weighted by atomic mass is 32.2. The first-order valence-corrected chi connectivity index (χ1v) is 12.1. The maximum atomic E-state index is 12.8. The van der Waals surface area contributed by atoms with Gasteiger partial charge in [0.05, 0.1) is 4.90 Å². The molecule has 2 aromatic heterocycles. The Hall–Kier alpha value is -4.63. The molecule has 2 heterocycles. The second-order valence-electron chi connectivity index (χ2n) is 7.42. The van der Waals surface area contributed by atoms with Crippen LogP contribution in [0.3, 0.4) is 0 Å². The fourth-order valence-corrected chi connectivity index (χ4v) is 4.31. The van der Waals surface area contributed by atoms with Crippen LogP contribution in [0.5, 0.6) is 23.1 Å². The van der Waals surface area contributed by atoms with E-state index >= 15 is 0 Å². The molecule has 1 N–H and O–H groups in total. The van der Waals surface area contributed by atoms with Gasteiger partial charge in [-0.1, -0.05) is 18.2 Å². The average molecular weight is 485 g/mol. The maximum Gasteiger partial charge on any atom is 0.261 e. The number of nitrogens with zero attached hydrogens (tertiary/aromatic N) is 3. The summed E-state index contributed by atoms with van der Waals surface area (Å²) in [6.07, 6.45) is 5.16. The van der Waals surface area contributed by atoms with Crippen molar-refractivity contribution in [2.75, 3.05) is 4.72 Å². The van der Waals surface area contributed by atoms with E-state index in [1.54, 1.807) is 42.5 Å². The van der Waals surface area contributed by atoms with Crippen LogP contribution in [0.25, 0.3) is 5.82 Å². The van der Waals surface area contributed by atoms with Gasteiger partial charge in [0.25, 0.3) is 10.0 Å². The van der Waals surface area contributed by atoms with E-state index in [4.69, 9.17) is 9.47 Å². The molecule has 0 radical (unpaired) electrons. The summed E-state index contributed by atoms with van der Waals surface area (Å²) < 4.78 is 41.5. The fourth-order valence-electron chi connectivity index (χ4n) is 3.25. The third kappa shape index (κ3) is 5.48. The Labute approximate surface area is 202 Å². The molecule has 0 saturated heterocycles. The van der Waals surface area contributed by atoms with E-state index < -0.39 is 10.0 Å². The number of aromatic nitrogens is 3. The number of anilines is 1. The predicted molar refractivity (Wildman–Crippen MR) is 132 cm³/mol. The van der Waals surface area contributed by atoms with Gasteiger partial charge in [-0.2, -0.15) is 0 Å². The normalized spacial score (nSPS) is 11.1. The molecule has 0 bridgehead atoms. The number of ether oxygens (including phenoxy) is 2. The molecule has 5 rings (SSSR count). The molecule has 5 aromatic rings. The Balaban J connectivity index is 1.24. The smallest absolute Gasteiger partial charge is 0.261 e. The van der Waals surface area contributed by atoms with E-state index in [-0.39, 0.29) is 4.90 Å². The first-order valence-electron chi connectivity index (χ1n) is 10.6. The Morgan fingerprint density at radius 3 is 2.03 bits per heavy atom. The molecule has 0 saturated carbocycles. The molecule has 35 heavy (non-hydrogen) atoms. The van der Waals surface area contributed by atoms with Crippen molar-refractivity contribution in [3.63, 3.8) is 0 Å². The van der Waals surface area contributed by atoms with Crippen molar-refractivity contribution in [3.05, 3.63) is 116 Å². The number of benzene rings is 3. The van der Waals surface area contributed by atoms with Crippen molar-refractivity contribution in [2.24, 2.45) is 0 Å². The predicted octanol–water partition coefficient (Wildman–Crippen LogP) is 5.65. The van der Waals surface area contributed by atoms with Crippen LogP contribution in [0.1, 0.15) is 0 Å². The van der Waals surface area contributed by atoms with Gasteiger partial charge in [0.15, 0.2) is 0 Å². The van der Waals surface area contributed by atoms with Gasteiger partial charge in [0.2, 0.25) is 5.88 Å². The molecule has 0 amide bonds. The Kier molecular flexibility index (Phi) is 6.15. The van der Waals surface area contributed by atoms with Gasteiger partial charge < -0.3 is 14.0 Å². The van der Waals surface area contributed by atoms with Crippen LogP contribution in [-0.4, -0.2) is 23.0 Å². The minimum atomic E-state index is -3.78. The summed E-state index contributed by atoms with van der Waals surface area (Å²) >= 11 is 0. The number of hydrogen-bond acceptors (Lipinski definition) is 6. The van der Waals surface area contributed by atoms with Crippen LogP contribution in [-0.2, 0) is 10.0 Å². The molecule has 0 aliphatic heterocycles. The minimum Gasteiger partial charge on any atom is -0.457 e. The maximum absolute atomic E-state index is 12.8. The number of nitrogens with one attached hydrogen (secondary N) is 1. The molecule has 0 unspecified atom stereocenters. The molecule has 0 atom stereocenters. The van der Waals surface area contributed by atoms with Gasteiger partial charge in [-0.15, -0.1) is 0 Å². The van der Waals surface area contributed by atoms with Crippen molar-refractivity contribution >= 4 is 15.7 Å². The van der Waals surface area contributed by atoms with Crippen LogP contribution >= 0.6 is 0 Å². The van der Waals surface area contributed by atoms with Gasteiger partial charge in [-0.3, -0.25) is 4.72 Å². The third-order valence-corrected chi connectivity index (χ3v) is 6.34. The molecule has 9 heteroatoms. The summed E-state index contributed by atoms with van der Waals surface area (Å²) in [6.45, 7) is 0. The number of sulfonamides is 1. The first kappa shape index (κ1) is 22.2. The van der Waals surface area contributed by atoms with Gasteiger partial charge >= 0.3 is 0 Å². The molecule has 0 aliphatic rings. The standard InChI is InChI=1S/C26H20N4O4S/c31-35(32,24-14-12-22(13-15-24)33-21-6-2-1-3-7-21)29-20-8-10-23(11-9-20)34-26-18-25(27-19-28-26)30-16-4-5-17-30/h1-19,29H. The summed E-state index contributed by atoms with van der Waals surface area (Å²) in [7, 11) is -3.78. The molecule has 174 valence electrons. The average Bonchev–Trinajstić information content (AvgIpc) is 3.42. The first-order chi connectivity index (χ1) is 17.0. The van der Waals surface area contributed by atoms with Crippen LogP contribution in [0, 0.1) is 0 Å². The van der Waals surface area contributed by atoms with Gasteiger partial charge in [0.1, 0.15) is 29.4 Å². The van der Waals surface area contributed by atoms with Crippen LogP contribution in [0.15, 0.2) is 121 Å². The Morgan fingerprint density at radius 1 is 0.686 bits per heavy atom. The molecule has 0 fully saturated rings. The zero-order valence-electron chi connectivity index (χ0n) is 18.4. The van der Waals surface area contributed by atoms with E-state index in [1.807, 2.05) is 59.4 Å². The van der Waals surface area contributed by atoms with E-state index in [1.165, 1.54) is 18.5 Å². The third-order valence-electron chi connectivity index (χ3n) is 4.94. The zero-order chi connectivity index (χ0) is 24.1. The number of rotatable bonds is 8. The highest BCUT2D eigenvalue weighted by molar-refractivity contribution is 7.92. The van der Waals surface area contributed by atoms with Crippen LogP contribution in [0.4, 0.5) is 5.69 Å². The van der Waals surface area contributed by atoms with E-state index in [0.29, 0.717) is 34.6 Å². The molecule has 0 aliphatic carbocycles. The second kappa shape index (κ2) is 9.70. The van der Waals surface area contributed by atoms with Gasteiger partial charge in [-0.25, -0.2) is 18.4 Å². The highest BCUT2D eigenvalue weighted by Gasteiger charge is 2.14. The summed E-state index contributed by atoms with van der Waals surface area (Å²) in [4.78, 5) is 8.47. The molecular formula is C26H20N4O4S. The Bertz CT molecular complexity index is 1500. The molecule has 0 spiro atoms. The van der Waals surface area contributed by atoms with Crippen molar-refractivity contribution in [1.82, 2.24) is 14.5 Å². The van der Waals surface area contributed by atoms with Crippen LogP contribution in [0.2, 0.25) is 0 Å². The topological polar surface area (TPSA) is 95.3 Å². The lowest BCUT2D eigenvalue weighted by atomic mass is 10.3. The van der Waals surface area contributed by atoms with Crippen molar-refractivity contribution in [1.29, 1.82) is 0 Å². The van der Waals surface area contributed by atoms with Gasteiger partial charge in [0, 0.05) is 24.1 Å². The van der Waals surface area contributed by atoms with Crippen LogP contribution < -0.4 is 14.2 Å². The second-order valence-corrected chi connectivity index (χ2v) is 9.11. The summed E-state index contributed by atoms with van der Waals surface area (Å²) in [5, 5.41) is 0. The lowest BCUT2D eigenvalue weighted by Crippen LogP contribution is -2.12. The largest absolute Gasteiger partial charge is 0.457 e. The monoisotopic (exact) mass is 484 g/mol. The van der Waals surface area contributed by atoms with Crippen molar-refractivity contribution < 1.29 is 17.9 Å². The lowest BCUT2D eigenvalue weighted by Gasteiger charge is -2.11. The molecular weight excluding hydrogens is 464 g/mol. The summed E-state index contributed by atoms with van der Waals surface area (Å²) in [5.74, 6) is 2.76. The summed E-state index contributed by atoms with van der Waals surface area (Å²) in [6, 6.07) is 27.6. The van der Waals surface area contributed by atoms with E-state index in [9.17, 15) is 8.42 Å². The summed E-state index contributed by atoms with van der Waals surface area (Å²) in [5.41, 5.74) is 0.401. The zero-order valence-corrected chi connectivity index (χ0v) is 19.2. The SMILES string of the molecule is O=S(=O)(Nc1ccc(Oc2cc(-n3cccc3)ncn2)cc1)c1ccc(Oc2ccccc2)cc1. The quantitative estimate of drug-likeness (QED) is 0.306. The van der Waals surface area contributed by atoms with E-state index in [0.717, 1.165) is 0 Å². The molecule has 8 nitrogen and oxygen atoms in total. The lowest BCUT2D eigenvalue weighted by molar-refractivity contribution is 0.461. The van der Waals surface area contributed by atoms with Crippen molar-refractivity contribution in [3.8, 4) is 28.9 Å². The molecule has 3 aromatic carbocycles. The fraction of sp³-hybridized carbons (Fsp3) is 0. The highest BCUT2D eigenvalue weighted by Crippen LogP contribution is 2.26. The van der Waals surface area contributed by atoms with E-state index in [2.05, 4.69) is 14.7 Å². The minimum absolute atomic E-state index is 0.122. The number of hydrogen-bond donors (Lipinski definition) is 1. The van der Waals surface area contributed by atoms with Crippen molar-refractivity contribution in [2.45, 2.75) is 4.90 Å². The number of para-hydroxylation sites is 1.